The molecule has 0 saturated heterocycles. The van der Waals surface area contributed by atoms with Crippen molar-refractivity contribution in [2.24, 2.45) is 0 Å². The molecular formula is C32H38F3N6O7S+. The van der Waals surface area contributed by atoms with Crippen LogP contribution in [0.1, 0.15) is 48.1 Å². The Kier molecular flexibility index (Phi) is 12.2. The van der Waals surface area contributed by atoms with Gasteiger partial charge < -0.3 is 14.3 Å². The van der Waals surface area contributed by atoms with Gasteiger partial charge in [-0.2, -0.15) is 18.4 Å². The van der Waals surface area contributed by atoms with Crippen molar-refractivity contribution in [3.63, 3.8) is 0 Å². The number of aromatic amines is 1. The highest BCUT2D eigenvalue weighted by Crippen LogP contribution is 2.43. The predicted octanol–water partition coefficient (Wildman–Crippen LogP) is 3.79. The lowest BCUT2D eigenvalue weighted by atomic mass is 9.88. The van der Waals surface area contributed by atoms with Gasteiger partial charge in [0.1, 0.15) is 15.9 Å². The number of ether oxygens (including phenoxy) is 1. The first kappa shape index (κ1) is 38.5. The number of carboxylic acid groups (broad SMARTS) is 1. The number of anilines is 2. The number of esters is 1. The third-order valence-corrected chi connectivity index (χ3v) is 9.06. The van der Waals surface area contributed by atoms with Gasteiger partial charge in [0.2, 0.25) is 5.95 Å². The molecule has 1 aliphatic rings. The number of fused-ring (bicyclic) bond motifs is 1. The first-order chi connectivity index (χ1) is 22.9. The van der Waals surface area contributed by atoms with Crippen LogP contribution in [0.2, 0.25) is 0 Å². The second-order valence-electron chi connectivity index (χ2n) is 12.1. The van der Waals surface area contributed by atoms with Crippen LogP contribution < -0.4 is 10.6 Å². The molecule has 0 amide bonds. The van der Waals surface area contributed by atoms with E-state index in [2.05, 4.69) is 16.3 Å². The Morgan fingerprint density at radius 3 is 2.43 bits per heavy atom. The zero-order valence-electron chi connectivity index (χ0n) is 27.6. The first-order valence-corrected chi connectivity index (χ1v) is 17.0. The number of nitriles is 1. The van der Waals surface area contributed by atoms with Gasteiger partial charge in [0, 0.05) is 30.5 Å². The number of nitrogens with one attached hydrogen (secondary N) is 1. The summed E-state index contributed by atoms with van der Waals surface area (Å²) in [6, 6.07) is 10.4. The summed E-state index contributed by atoms with van der Waals surface area (Å²) in [5, 5.41) is 23.1. The van der Waals surface area contributed by atoms with E-state index in [1.165, 1.54) is 35.0 Å². The van der Waals surface area contributed by atoms with E-state index in [0.717, 1.165) is 12.1 Å². The molecular weight excluding hydrogens is 669 g/mol. The summed E-state index contributed by atoms with van der Waals surface area (Å²) in [6.45, 7) is 2.60. The number of hydrogen-bond acceptors (Lipinski definition) is 9. The summed E-state index contributed by atoms with van der Waals surface area (Å²) in [5.74, 6) is -0.734. The second kappa shape index (κ2) is 15.5. The largest absolute Gasteiger partial charge is 0.483 e. The third kappa shape index (κ3) is 9.36. The third-order valence-electron chi connectivity index (χ3n) is 8.03. The van der Waals surface area contributed by atoms with E-state index < -0.39 is 39.3 Å². The number of halogens is 3. The maximum Gasteiger partial charge on any atom is 0.416 e. The number of benzene rings is 2. The average molecular weight is 708 g/mol. The fourth-order valence-electron chi connectivity index (χ4n) is 5.80. The van der Waals surface area contributed by atoms with E-state index in [0.29, 0.717) is 53.5 Å². The molecule has 0 spiro atoms. The van der Waals surface area contributed by atoms with Gasteiger partial charge >= 0.3 is 17.8 Å². The monoisotopic (exact) mass is 707 g/mol. The van der Waals surface area contributed by atoms with Gasteiger partial charge in [0.25, 0.3) is 6.47 Å². The standard InChI is InChI=1S/C31H35F3N6O5S.CH2O2/c1-20-26(28(41)45-4)27(39-29(36-37-30(39)42)38(20)24-11-6-10-23(18-24)31(32,33)34)25-13-12-21(19-35)17-22(25)9-7-14-40(2,3)15-8-16-46(5,43)44;2-1-3/h6,10-13,17-18,27H,7-9,14-16H2,1-5H3;1H,(H,2,3)/p+1/t27-;/m1./s1. The number of nitrogens with zero attached hydrogens (tertiary/aromatic N) is 5. The second-order valence-corrected chi connectivity index (χ2v) is 14.3. The van der Waals surface area contributed by atoms with Gasteiger partial charge in [0.15, 0.2) is 0 Å². The van der Waals surface area contributed by atoms with E-state index in [1.807, 2.05) is 14.1 Å². The van der Waals surface area contributed by atoms with Crippen molar-refractivity contribution in [3.05, 3.63) is 86.5 Å². The van der Waals surface area contributed by atoms with E-state index in [-0.39, 0.29) is 35.1 Å². The number of alkyl halides is 3. The summed E-state index contributed by atoms with van der Waals surface area (Å²) in [6.07, 6.45) is -1.86. The Bertz CT molecular complexity index is 1930. The molecule has 13 nitrogen and oxygen atoms in total. The van der Waals surface area contributed by atoms with Crippen molar-refractivity contribution >= 4 is 33.9 Å². The van der Waals surface area contributed by atoms with Crippen LogP contribution in [-0.2, 0) is 36.8 Å². The average Bonchev–Trinajstić information content (AvgIpc) is 3.39. The molecule has 1 aliphatic heterocycles. The number of allylic oxidation sites excluding steroid dienone is 1. The molecule has 0 bridgehead atoms. The number of sulfone groups is 1. The zero-order valence-corrected chi connectivity index (χ0v) is 28.4. The van der Waals surface area contributed by atoms with E-state index in [4.69, 9.17) is 14.6 Å². The molecule has 0 saturated carbocycles. The molecule has 1 atom stereocenters. The Morgan fingerprint density at radius 2 is 1.84 bits per heavy atom. The van der Waals surface area contributed by atoms with Crippen LogP contribution in [0.3, 0.4) is 0 Å². The normalized spacial score (nSPS) is 14.8. The molecule has 0 aliphatic carbocycles. The number of hydrogen-bond donors (Lipinski definition) is 2. The molecule has 3 aromatic rings. The highest BCUT2D eigenvalue weighted by atomic mass is 32.2. The summed E-state index contributed by atoms with van der Waals surface area (Å²) in [4.78, 5) is 36.4. The molecule has 2 heterocycles. The molecule has 49 heavy (non-hydrogen) atoms. The lowest BCUT2D eigenvalue weighted by Gasteiger charge is -2.36. The molecule has 0 fully saturated rings. The van der Waals surface area contributed by atoms with E-state index in [1.54, 1.807) is 25.1 Å². The van der Waals surface area contributed by atoms with Gasteiger partial charge in [-0.15, -0.1) is 5.10 Å². The van der Waals surface area contributed by atoms with Gasteiger partial charge in [0.05, 0.1) is 62.8 Å². The number of rotatable bonds is 11. The Labute approximate surface area is 281 Å². The molecule has 2 aromatic carbocycles. The summed E-state index contributed by atoms with van der Waals surface area (Å²) in [5.41, 5.74) is 0.197. The molecule has 264 valence electrons. The fourth-order valence-corrected chi connectivity index (χ4v) is 6.45. The van der Waals surface area contributed by atoms with Crippen LogP contribution in [0.15, 0.2) is 58.5 Å². The topological polar surface area (TPSA) is 175 Å². The van der Waals surface area contributed by atoms with Crippen LogP contribution in [0.25, 0.3) is 0 Å². The van der Waals surface area contributed by atoms with Crippen LogP contribution in [0, 0.1) is 11.3 Å². The Balaban J connectivity index is 0.00000209. The number of carbonyl (C=O) groups is 2. The van der Waals surface area contributed by atoms with Crippen molar-refractivity contribution in [1.82, 2.24) is 14.8 Å². The van der Waals surface area contributed by atoms with Crippen LogP contribution >= 0.6 is 0 Å². The molecule has 2 N–H and O–H groups in total. The Hall–Kier alpha value is -4.95. The van der Waals surface area contributed by atoms with E-state index >= 15 is 0 Å². The highest BCUT2D eigenvalue weighted by Gasteiger charge is 2.41. The minimum absolute atomic E-state index is 0.0127. The molecule has 1 aromatic heterocycles. The van der Waals surface area contributed by atoms with Gasteiger partial charge in [-0.25, -0.2) is 27.7 Å². The number of H-pyrrole nitrogens is 1. The van der Waals surface area contributed by atoms with Crippen molar-refractivity contribution in [3.8, 4) is 6.07 Å². The number of methoxy groups -OCH3 is 1. The summed E-state index contributed by atoms with van der Waals surface area (Å²) in [7, 11) is 2.09. The number of aryl methyl sites for hydroxylation is 1. The van der Waals surface area contributed by atoms with Crippen LogP contribution in [0.4, 0.5) is 24.8 Å². The lowest BCUT2D eigenvalue weighted by molar-refractivity contribution is -0.890. The van der Waals surface area contributed by atoms with Gasteiger partial charge in [-0.05, 0) is 54.8 Å². The minimum Gasteiger partial charge on any atom is -0.483 e. The number of quaternary nitrogens is 1. The minimum atomic E-state index is -4.64. The molecule has 0 unspecified atom stereocenters. The van der Waals surface area contributed by atoms with Crippen molar-refractivity contribution in [2.45, 2.75) is 38.4 Å². The van der Waals surface area contributed by atoms with Crippen molar-refractivity contribution < 1.29 is 45.5 Å². The SMILES string of the molecule is COC(=O)C1=C(C)N(c2cccc(C(F)(F)F)c2)c2n[nH]c(=O)n2[C@@H]1c1ccc(C#N)cc1CCC[N+](C)(C)CCCS(C)(=O)=O.O=CO. The van der Waals surface area contributed by atoms with Gasteiger partial charge in [-0.1, -0.05) is 12.1 Å². The quantitative estimate of drug-likeness (QED) is 0.169. The highest BCUT2D eigenvalue weighted by molar-refractivity contribution is 7.90. The molecule has 17 heteroatoms. The maximum atomic E-state index is 13.6. The fraction of sp³-hybridized carbons (Fsp3) is 0.406. The van der Waals surface area contributed by atoms with Crippen LogP contribution in [-0.4, -0.2) is 91.5 Å². The maximum absolute atomic E-state index is 13.6. The molecule has 4 rings (SSSR count). The van der Waals surface area contributed by atoms with Crippen molar-refractivity contribution in [2.75, 3.05) is 51.2 Å². The summed E-state index contributed by atoms with van der Waals surface area (Å²) < 4.78 is 71.0. The van der Waals surface area contributed by atoms with Crippen molar-refractivity contribution in [1.29, 1.82) is 5.26 Å². The number of carbonyl (C=O) groups excluding carboxylic acids is 1. The molecule has 0 radical (unpaired) electrons. The van der Waals surface area contributed by atoms with E-state index in [9.17, 15) is 36.4 Å². The van der Waals surface area contributed by atoms with Gasteiger partial charge in [-0.3, -0.25) is 9.69 Å². The predicted molar refractivity (Wildman–Crippen MR) is 174 cm³/mol. The van der Waals surface area contributed by atoms with Crippen LogP contribution in [0.5, 0.6) is 0 Å². The Morgan fingerprint density at radius 1 is 1.18 bits per heavy atom. The lowest BCUT2D eigenvalue weighted by Crippen LogP contribution is -2.42. The smallest absolute Gasteiger partial charge is 0.416 e. The number of aromatic nitrogens is 3. The first-order valence-electron chi connectivity index (χ1n) is 14.9. The summed E-state index contributed by atoms with van der Waals surface area (Å²) >= 11 is 0. The zero-order chi connectivity index (χ0) is 36.7.